The van der Waals surface area contributed by atoms with Gasteiger partial charge < -0.3 is 111 Å². The highest BCUT2D eigenvalue weighted by Gasteiger charge is 2.42. The predicted molar refractivity (Wildman–Crippen MR) is 360 cm³/mol. The second-order valence-electron chi connectivity index (χ2n) is 24.6. The zero-order chi connectivity index (χ0) is 76.6. The van der Waals surface area contributed by atoms with E-state index in [0.717, 1.165) is 11.8 Å². The number of amides is 15. The molecule has 40 heteroatoms. The van der Waals surface area contributed by atoms with Crippen LogP contribution in [0.5, 0.6) is 0 Å². The zero-order valence-electron chi connectivity index (χ0n) is 58.0. The molecule has 1 saturated heterocycles. The van der Waals surface area contributed by atoms with Crippen LogP contribution in [-0.4, -0.2) is 265 Å². The number of aliphatic hydroxyl groups excluding tert-OH is 3. The van der Waals surface area contributed by atoms with Gasteiger partial charge in [-0.25, -0.2) is 4.79 Å². The number of thioether (sulfide) groups is 2. The van der Waals surface area contributed by atoms with E-state index >= 15 is 0 Å². The second kappa shape index (κ2) is 44.6. The van der Waals surface area contributed by atoms with Gasteiger partial charge in [0.15, 0.2) is 0 Å². The molecule has 1 aliphatic rings. The number of rotatable bonds is 46. The number of hydrogen-bond acceptors (Lipinski definition) is 23. The van der Waals surface area contributed by atoms with Crippen molar-refractivity contribution in [2.24, 2.45) is 29.0 Å². The van der Waals surface area contributed by atoms with Crippen molar-refractivity contribution in [2.45, 2.75) is 223 Å². The quantitative estimate of drug-likeness (QED) is 0.0269. The fourth-order valence-electron chi connectivity index (χ4n) is 9.68. The summed E-state index contributed by atoms with van der Waals surface area (Å²) in [7, 11) is 0. The smallest absolute Gasteiger partial charge is 0.326 e. The van der Waals surface area contributed by atoms with Crippen molar-refractivity contribution >= 4 is 124 Å². The summed E-state index contributed by atoms with van der Waals surface area (Å²) in [6, 6.07) is -21.6. The number of aliphatic carboxylic acids is 2. The zero-order valence-corrected chi connectivity index (χ0v) is 59.6. The summed E-state index contributed by atoms with van der Waals surface area (Å²) in [5, 5.41) is 79.0. The normalized spacial score (nSPS) is 17.5. The van der Waals surface area contributed by atoms with Crippen LogP contribution in [0, 0.1) is 11.8 Å². The van der Waals surface area contributed by atoms with Crippen LogP contribution >= 0.6 is 23.5 Å². The van der Waals surface area contributed by atoms with Crippen LogP contribution in [-0.2, 0) is 81.5 Å². The molecular formula is C60H102N16O22S2. The maximum absolute atomic E-state index is 14.3. The third-order valence-corrected chi connectivity index (χ3v) is 17.1. The van der Waals surface area contributed by atoms with E-state index in [0.29, 0.717) is 12.2 Å². The van der Waals surface area contributed by atoms with Crippen LogP contribution in [0.1, 0.15) is 127 Å². The number of hydrogen-bond donors (Lipinski definition) is 20. The van der Waals surface area contributed by atoms with Gasteiger partial charge in [-0.2, -0.15) is 23.5 Å². The highest BCUT2D eigenvalue weighted by atomic mass is 32.2. The molecule has 566 valence electrons. The van der Waals surface area contributed by atoms with Crippen molar-refractivity contribution in [1.29, 1.82) is 0 Å². The Morgan fingerprint density at radius 2 is 0.870 bits per heavy atom. The molecule has 0 aromatic heterocycles. The average molecular weight is 1460 g/mol. The van der Waals surface area contributed by atoms with Crippen molar-refractivity contribution in [3.05, 3.63) is 0 Å². The maximum Gasteiger partial charge on any atom is 0.326 e. The Bertz CT molecular complexity index is 2890. The SMILES string of the molecule is CC[C@H](C)[C@H](NC(=O)[C@@H](NC(=O)[C@H](C)NC(=O)[C@@H]1CCCN1C(=O)[C@H](CC(N)=O)NC(=O)[C@@H](NC(=O)[C@@H](NC(=O)[C@H](CCC(N)=O)NC(=O)[C@H](CO)NC(=O)[C@H](CCSC)NC(=O)[C@H](C)NC(=O)[C@H](CCC(=O)O)NC(=O)[C@H](C)N)C(C)C)[C@@H](C)O)[C@@H](C)O)C(=O)N[C@@H](CCSC)C(=O)O. The van der Waals surface area contributed by atoms with E-state index in [2.05, 4.69) is 63.8 Å². The molecule has 23 N–H and O–H groups in total. The fraction of sp³-hybridized carbons (Fsp3) is 0.717. The molecular weight excluding hydrogens is 1360 g/mol. The Balaban J connectivity index is 3.36. The average Bonchev–Trinajstić information content (AvgIpc) is 1.56. The van der Waals surface area contributed by atoms with Crippen molar-refractivity contribution < 1.29 is 107 Å². The number of primary amides is 2. The van der Waals surface area contributed by atoms with Gasteiger partial charge in [0.2, 0.25) is 88.6 Å². The van der Waals surface area contributed by atoms with E-state index < -0.39 is 241 Å². The van der Waals surface area contributed by atoms with E-state index in [-0.39, 0.29) is 44.4 Å². The maximum atomic E-state index is 14.3. The van der Waals surface area contributed by atoms with Gasteiger partial charge in [-0.15, -0.1) is 0 Å². The molecule has 100 heavy (non-hydrogen) atoms. The first-order valence-corrected chi connectivity index (χ1v) is 35.1. The van der Waals surface area contributed by atoms with Gasteiger partial charge in [0.05, 0.1) is 31.3 Å². The fourth-order valence-corrected chi connectivity index (χ4v) is 10.6. The largest absolute Gasteiger partial charge is 0.481 e. The molecule has 38 nitrogen and oxygen atoms in total. The van der Waals surface area contributed by atoms with E-state index in [4.69, 9.17) is 22.3 Å². The molecule has 0 spiro atoms. The number of carbonyl (C=O) groups excluding carboxylic acids is 15. The van der Waals surface area contributed by atoms with Crippen LogP contribution in [0.4, 0.5) is 0 Å². The van der Waals surface area contributed by atoms with Crippen molar-refractivity contribution in [1.82, 2.24) is 68.7 Å². The Kier molecular flexibility index (Phi) is 40.0. The van der Waals surface area contributed by atoms with Gasteiger partial charge in [0.1, 0.15) is 78.5 Å². The highest BCUT2D eigenvalue weighted by molar-refractivity contribution is 7.98. The first-order chi connectivity index (χ1) is 46.7. The summed E-state index contributed by atoms with van der Waals surface area (Å²) in [4.78, 5) is 226. The number of likely N-dealkylation sites (tertiary alicyclic amines) is 1. The minimum Gasteiger partial charge on any atom is -0.481 e. The number of nitrogens with zero attached hydrogens (tertiary/aromatic N) is 1. The van der Waals surface area contributed by atoms with Gasteiger partial charge in [-0.3, -0.25) is 76.7 Å². The molecule has 0 aromatic rings. The molecule has 1 aliphatic heterocycles. The van der Waals surface area contributed by atoms with Crippen LogP contribution in [0.2, 0.25) is 0 Å². The van der Waals surface area contributed by atoms with E-state index in [1.807, 2.05) is 0 Å². The molecule has 0 unspecified atom stereocenters. The third kappa shape index (κ3) is 30.6. The minimum absolute atomic E-state index is 0.0181. The van der Waals surface area contributed by atoms with E-state index in [9.17, 15) is 102 Å². The number of aliphatic hydroxyl groups is 3. The first-order valence-electron chi connectivity index (χ1n) is 32.3. The Labute approximate surface area is 587 Å². The molecule has 0 aliphatic carbocycles. The van der Waals surface area contributed by atoms with Crippen molar-refractivity contribution in [3.63, 3.8) is 0 Å². The third-order valence-electron chi connectivity index (χ3n) is 15.8. The topological polar surface area (TPSA) is 617 Å². The van der Waals surface area contributed by atoms with Gasteiger partial charge in [-0.1, -0.05) is 34.1 Å². The number of carbonyl (C=O) groups is 17. The Hall–Kier alpha value is -8.47. The van der Waals surface area contributed by atoms with Gasteiger partial charge in [0, 0.05) is 19.4 Å². The summed E-state index contributed by atoms with van der Waals surface area (Å²) in [6.45, 7) is 10.9. The molecule has 0 bridgehead atoms. The Morgan fingerprint density at radius 1 is 0.470 bits per heavy atom. The number of nitrogens with one attached hydrogen (secondary N) is 12. The van der Waals surface area contributed by atoms with Crippen LogP contribution in [0.3, 0.4) is 0 Å². The minimum atomic E-state index is -1.97. The molecule has 0 saturated carbocycles. The number of carboxylic acid groups (broad SMARTS) is 2. The predicted octanol–water partition coefficient (Wildman–Crippen LogP) is -7.77. The molecule has 17 atom stereocenters. The molecule has 15 amide bonds. The van der Waals surface area contributed by atoms with Crippen LogP contribution in [0.15, 0.2) is 0 Å². The summed E-state index contributed by atoms with van der Waals surface area (Å²) in [6.07, 6.45) is -2.38. The standard InChI is InChI=1S/C60H102N16O22S2/c1-12-27(4)44(56(93)69-36(60(97)98)20-23-100-11)73-58(95)46(32(9)79)74-49(86)30(7)65-54(91)39-14-13-21-76(39)59(96)37(24-41(63)81)70-57(94)45(31(8)78)75-55(92)43(26(2)3)72-52(89)33(15-17-40(62)80)68-53(90)38(25-77)71-51(88)35(19-22-99-10)67-48(85)29(6)64-50(87)34(16-18-42(82)83)66-47(84)28(5)61/h26-39,43-46,77-79H,12-25,61H2,1-11H3,(H2,62,80)(H2,63,81)(H,64,87)(H,65,91)(H,66,84)(H,67,85)(H,68,90)(H,69,93)(H,70,94)(H,71,88)(H,72,89)(H,73,95)(H,74,86)(H,75,92)(H,82,83)(H,97,98)/t27-,28-,29-,30-,31+,32+,33-,34-,35-,36-,37-,38-,39-,43-,44-,45-,46-/m0/s1. The summed E-state index contributed by atoms with van der Waals surface area (Å²) in [5.74, 6) is -18.9. The second-order valence-corrected chi connectivity index (χ2v) is 26.5. The Morgan fingerprint density at radius 3 is 1.36 bits per heavy atom. The molecule has 1 fully saturated rings. The first kappa shape index (κ1) is 89.5. The summed E-state index contributed by atoms with van der Waals surface area (Å²) in [5.41, 5.74) is 16.5. The lowest BCUT2D eigenvalue weighted by Crippen LogP contribution is -2.63. The lowest BCUT2D eigenvalue weighted by atomic mass is 9.97. The van der Waals surface area contributed by atoms with E-state index in [1.165, 1.54) is 65.1 Å². The lowest BCUT2D eigenvalue weighted by molar-refractivity contribution is -0.144. The molecule has 1 heterocycles. The lowest BCUT2D eigenvalue weighted by Gasteiger charge is -2.31. The molecule has 1 rings (SSSR count). The number of nitrogens with two attached hydrogens (primary N) is 3. The highest BCUT2D eigenvalue weighted by Crippen LogP contribution is 2.21. The van der Waals surface area contributed by atoms with Gasteiger partial charge >= 0.3 is 11.9 Å². The molecule has 0 radical (unpaired) electrons. The van der Waals surface area contributed by atoms with E-state index in [1.54, 1.807) is 26.4 Å². The monoisotopic (exact) mass is 1460 g/mol. The summed E-state index contributed by atoms with van der Waals surface area (Å²) < 4.78 is 0. The van der Waals surface area contributed by atoms with Crippen molar-refractivity contribution in [2.75, 3.05) is 37.2 Å². The van der Waals surface area contributed by atoms with Crippen LogP contribution < -0.4 is 81.0 Å². The summed E-state index contributed by atoms with van der Waals surface area (Å²) >= 11 is 2.61. The van der Waals surface area contributed by atoms with Gasteiger partial charge in [-0.05, 0) is 109 Å². The van der Waals surface area contributed by atoms with Crippen LogP contribution in [0.25, 0.3) is 0 Å². The number of carboxylic acids is 2. The molecule has 0 aromatic carbocycles. The van der Waals surface area contributed by atoms with Crippen molar-refractivity contribution in [3.8, 4) is 0 Å². The van der Waals surface area contributed by atoms with Gasteiger partial charge in [0.25, 0.3) is 0 Å².